The summed E-state index contributed by atoms with van der Waals surface area (Å²) in [5.41, 5.74) is -0.316. The second-order valence-electron chi connectivity index (χ2n) is 6.67. The van der Waals surface area contributed by atoms with Gasteiger partial charge in [0.1, 0.15) is 0 Å². The Morgan fingerprint density at radius 1 is 1.10 bits per heavy atom. The van der Waals surface area contributed by atoms with Gasteiger partial charge in [-0.3, -0.25) is 9.59 Å². The standard InChI is InChI=1S/C16H27NO4/c18-14(17-12-13-4-8-21-9-5-13)10-16(11-15(19)20)6-2-1-3-7-16/h13H,1-12H2,(H,17,18)(H,19,20). The van der Waals surface area contributed by atoms with Crippen molar-refractivity contribution in [2.75, 3.05) is 19.8 Å². The zero-order valence-electron chi connectivity index (χ0n) is 12.7. The molecule has 1 amide bonds. The van der Waals surface area contributed by atoms with Gasteiger partial charge in [0, 0.05) is 26.2 Å². The first-order valence-corrected chi connectivity index (χ1v) is 8.16. The lowest BCUT2D eigenvalue weighted by Gasteiger charge is -2.35. The fourth-order valence-corrected chi connectivity index (χ4v) is 3.65. The van der Waals surface area contributed by atoms with Gasteiger partial charge in [-0.05, 0) is 37.0 Å². The Balaban J connectivity index is 1.81. The SMILES string of the molecule is O=C(O)CC1(CC(=O)NCC2CCOCC2)CCCCC1. The van der Waals surface area contributed by atoms with E-state index in [0.29, 0.717) is 18.9 Å². The predicted octanol–water partition coefficient (Wildman–Crippen LogP) is 2.34. The number of carbonyl (C=O) groups is 2. The summed E-state index contributed by atoms with van der Waals surface area (Å²) in [6.07, 6.45) is 7.46. The summed E-state index contributed by atoms with van der Waals surface area (Å²) < 4.78 is 5.31. The molecule has 21 heavy (non-hydrogen) atoms. The van der Waals surface area contributed by atoms with E-state index >= 15 is 0 Å². The van der Waals surface area contributed by atoms with Gasteiger partial charge in [-0.2, -0.15) is 0 Å². The van der Waals surface area contributed by atoms with Gasteiger partial charge in [-0.25, -0.2) is 0 Å². The summed E-state index contributed by atoms with van der Waals surface area (Å²) in [4.78, 5) is 23.3. The molecule has 1 aliphatic heterocycles. The minimum Gasteiger partial charge on any atom is -0.481 e. The molecule has 0 aromatic rings. The summed E-state index contributed by atoms with van der Waals surface area (Å²) in [7, 11) is 0. The van der Waals surface area contributed by atoms with Gasteiger partial charge in [-0.1, -0.05) is 19.3 Å². The van der Waals surface area contributed by atoms with Crippen LogP contribution in [0, 0.1) is 11.3 Å². The third-order valence-electron chi connectivity index (χ3n) is 4.90. The van der Waals surface area contributed by atoms with Crippen LogP contribution in [0.4, 0.5) is 0 Å². The lowest BCUT2D eigenvalue weighted by molar-refractivity contribution is -0.141. The van der Waals surface area contributed by atoms with E-state index < -0.39 is 5.97 Å². The number of hydrogen-bond donors (Lipinski definition) is 2. The lowest BCUT2D eigenvalue weighted by atomic mass is 9.69. The highest BCUT2D eigenvalue weighted by Gasteiger charge is 2.36. The third-order valence-corrected chi connectivity index (χ3v) is 4.90. The number of amides is 1. The number of aliphatic carboxylic acids is 1. The highest BCUT2D eigenvalue weighted by Crippen LogP contribution is 2.42. The molecule has 120 valence electrons. The highest BCUT2D eigenvalue weighted by molar-refractivity contribution is 5.78. The zero-order chi connectivity index (χ0) is 15.1. The molecule has 2 aliphatic rings. The van der Waals surface area contributed by atoms with Gasteiger partial charge in [-0.15, -0.1) is 0 Å². The summed E-state index contributed by atoms with van der Waals surface area (Å²) in [5, 5.41) is 12.1. The smallest absolute Gasteiger partial charge is 0.303 e. The highest BCUT2D eigenvalue weighted by atomic mass is 16.5. The van der Waals surface area contributed by atoms with Crippen LogP contribution in [-0.4, -0.2) is 36.7 Å². The van der Waals surface area contributed by atoms with Gasteiger partial charge >= 0.3 is 5.97 Å². The molecule has 5 nitrogen and oxygen atoms in total. The molecule has 2 fully saturated rings. The van der Waals surface area contributed by atoms with Gasteiger partial charge < -0.3 is 15.2 Å². The quantitative estimate of drug-likeness (QED) is 0.789. The van der Waals surface area contributed by atoms with E-state index in [1.807, 2.05) is 0 Å². The number of rotatable bonds is 6. The Labute approximate surface area is 126 Å². The van der Waals surface area contributed by atoms with Gasteiger partial charge in [0.2, 0.25) is 5.91 Å². The Bertz CT molecular complexity index is 357. The van der Waals surface area contributed by atoms with Crippen molar-refractivity contribution < 1.29 is 19.4 Å². The van der Waals surface area contributed by atoms with Gasteiger partial charge in [0.05, 0.1) is 6.42 Å². The first-order chi connectivity index (χ1) is 10.1. The average molecular weight is 297 g/mol. The number of carbonyl (C=O) groups excluding carboxylic acids is 1. The lowest BCUT2D eigenvalue weighted by Crippen LogP contribution is -2.37. The second-order valence-corrected chi connectivity index (χ2v) is 6.67. The largest absolute Gasteiger partial charge is 0.481 e. The first-order valence-electron chi connectivity index (χ1n) is 8.16. The minimum atomic E-state index is -0.783. The predicted molar refractivity (Wildman–Crippen MR) is 78.9 cm³/mol. The van der Waals surface area contributed by atoms with Crippen LogP contribution >= 0.6 is 0 Å². The maximum atomic E-state index is 12.2. The summed E-state index contributed by atoms with van der Waals surface area (Å²) in [5.74, 6) is -0.261. The molecule has 0 aromatic carbocycles. The molecular weight excluding hydrogens is 270 g/mol. The van der Waals surface area contributed by atoms with Crippen LogP contribution in [0.5, 0.6) is 0 Å². The molecule has 1 heterocycles. The molecule has 0 unspecified atom stereocenters. The summed E-state index contributed by atoms with van der Waals surface area (Å²) >= 11 is 0. The number of carboxylic acid groups (broad SMARTS) is 1. The van der Waals surface area contributed by atoms with Crippen LogP contribution in [0.1, 0.15) is 57.8 Å². The topological polar surface area (TPSA) is 75.6 Å². The molecule has 2 rings (SSSR count). The Morgan fingerprint density at radius 2 is 1.76 bits per heavy atom. The van der Waals surface area contributed by atoms with Crippen LogP contribution in [0.3, 0.4) is 0 Å². The number of carboxylic acids is 1. The van der Waals surface area contributed by atoms with Crippen molar-refractivity contribution >= 4 is 11.9 Å². The van der Waals surface area contributed by atoms with Crippen molar-refractivity contribution in [2.45, 2.75) is 57.8 Å². The summed E-state index contributed by atoms with van der Waals surface area (Å²) in [6, 6.07) is 0. The second kappa shape index (κ2) is 7.78. The zero-order valence-corrected chi connectivity index (χ0v) is 12.7. The van der Waals surface area contributed by atoms with Crippen molar-refractivity contribution in [3.8, 4) is 0 Å². The molecular formula is C16H27NO4. The van der Waals surface area contributed by atoms with E-state index in [1.54, 1.807) is 0 Å². The molecule has 5 heteroatoms. The van der Waals surface area contributed by atoms with Crippen LogP contribution in [-0.2, 0) is 14.3 Å². The van der Waals surface area contributed by atoms with Crippen molar-refractivity contribution in [2.24, 2.45) is 11.3 Å². The third kappa shape index (κ3) is 5.30. The van der Waals surface area contributed by atoms with Gasteiger partial charge in [0.15, 0.2) is 0 Å². The van der Waals surface area contributed by atoms with E-state index in [2.05, 4.69) is 5.32 Å². The maximum absolute atomic E-state index is 12.2. The summed E-state index contributed by atoms with van der Waals surface area (Å²) in [6.45, 7) is 2.26. The molecule has 1 saturated carbocycles. The minimum absolute atomic E-state index is 0.0182. The Kier molecular flexibility index (Phi) is 6.03. The van der Waals surface area contributed by atoms with Crippen molar-refractivity contribution in [1.29, 1.82) is 0 Å². The Morgan fingerprint density at radius 3 is 2.38 bits per heavy atom. The number of nitrogens with one attached hydrogen (secondary N) is 1. The molecule has 0 aromatic heterocycles. The molecule has 1 saturated heterocycles. The maximum Gasteiger partial charge on any atom is 0.303 e. The Hall–Kier alpha value is -1.10. The van der Waals surface area contributed by atoms with Crippen LogP contribution < -0.4 is 5.32 Å². The normalized spacial score (nSPS) is 22.7. The van der Waals surface area contributed by atoms with Crippen molar-refractivity contribution in [3.05, 3.63) is 0 Å². The molecule has 0 radical (unpaired) electrons. The van der Waals surface area contributed by atoms with E-state index in [9.17, 15) is 9.59 Å². The van der Waals surface area contributed by atoms with E-state index in [1.165, 1.54) is 0 Å². The van der Waals surface area contributed by atoms with Crippen LogP contribution in [0.15, 0.2) is 0 Å². The van der Waals surface area contributed by atoms with Crippen LogP contribution in [0.2, 0.25) is 0 Å². The number of hydrogen-bond acceptors (Lipinski definition) is 3. The van der Waals surface area contributed by atoms with Crippen LogP contribution in [0.25, 0.3) is 0 Å². The van der Waals surface area contributed by atoms with Crippen molar-refractivity contribution in [1.82, 2.24) is 5.32 Å². The molecule has 0 bridgehead atoms. The molecule has 2 N–H and O–H groups in total. The average Bonchev–Trinajstić information content (AvgIpc) is 2.46. The van der Waals surface area contributed by atoms with E-state index in [0.717, 1.165) is 58.2 Å². The van der Waals surface area contributed by atoms with E-state index in [4.69, 9.17) is 9.84 Å². The molecule has 1 aliphatic carbocycles. The molecule has 0 spiro atoms. The van der Waals surface area contributed by atoms with Crippen molar-refractivity contribution in [3.63, 3.8) is 0 Å². The fourth-order valence-electron chi connectivity index (χ4n) is 3.65. The number of ether oxygens (including phenoxy) is 1. The first kappa shape index (κ1) is 16.3. The fraction of sp³-hybridized carbons (Fsp3) is 0.875. The van der Waals surface area contributed by atoms with Gasteiger partial charge in [0.25, 0.3) is 0 Å². The van der Waals surface area contributed by atoms with E-state index in [-0.39, 0.29) is 17.7 Å². The monoisotopic (exact) mass is 297 g/mol. The molecule has 0 atom stereocenters.